The van der Waals surface area contributed by atoms with Crippen LogP contribution in [0.3, 0.4) is 0 Å². The van der Waals surface area contributed by atoms with Crippen molar-refractivity contribution in [2.75, 3.05) is 26.8 Å². The van der Waals surface area contributed by atoms with Crippen LogP contribution in [0.15, 0.2) is 0 Å². The van der Waals surface area contributed by atoms with Crippen molar-refractivity contribution in [2.45, 2.75) is 45.4 Å². The molecule has 0 saturated carbocycles. The van der Waals surface area contributed by atoms with Gasteiger partial charge in [0, 0.05) is 45.9 Å². The summed E-state index contributed by atoms with van der Waals surface area (Å²) < 4.78 is 4.69. The van der Waals surface area contributed by atoms with Crippen LogP contribution in [-0.4, -0.2) is 50.2 Å². The largest absolute Gasteiger partial charge is 0.377 e. The molecular weight excluding hydrogens is 288 g/mol. The fourth-order valence-electron chi connectivity index (χ4n) is 1.74. The van der Waals surface area contributed by atoms with Crippen molar-refractivity contribution in [1.82, 2.24) is 10.6 Å². The van der Waals surface area contributed by atoms with E-state index in [1.165, 1.54) is 14.0 Å². The van der Waals surface area contributed by atoms with Crippen LogP contribution in [0, 0.1) is 0 Å². The molecule has 0 aromatic carbocycles. The van der Waals surface area contributed by atoms with Crippen LogP contribution in [0.4, 0.5) is 0 Å². The number of ether oxygens (including phenoxy) is 1. The smallest absolute Gasteiger partial charge is 0.221 e. The Morgan fingerprint density at radius 1 is 0.818 bits per heavy atom. The number of rotatable bonds is 13. The van der Waals surface area contributed by atoms with Gasteiger partial charge in [-0.15, -0.1) is 0 Å². The summed E-state index contributed by atoms with van der Waals surface area (Å²) in [6.07, 6.45) is 2.34. The van der Waals surface area contributed by atoms with Gasteiger partial charge in [-0.3, -0.25) is 14.4 Å². The Hall–Kier alpha value is -1.76. The molecule has 0 aliphatic carbocycles. The quantitative estimate of drug-likeness (QED) is 0.478. The second-order valence-electron chi connectivity index (χ2n) is 5.08. The minimum Gasteiger partial charge on any atom is -0.377 e. The Bertz CT molecular complexity index is 382. The van der Waals surface area contributed by atoms with Gasteiger partial charge in [0.1, 0.15) is 12.4 Å². The molecule has 0 bridgehead atoms. The van der Waals surface area contributed by atoms with Crippen LogP contribution < -0.4 is 10.6 Å². The standard InChI is InChI=1S/C15H26N2O5/c1-12(18)5-4-9-16-15(21)8-10-17-14(20)7-3-6-13(19)11-22-2/h3-11H2,1-2H3,(H,16,21)(H,17,20). The molecule has 22 heavy (non-hydrogen) atoms. The van der Waals surface area contributed by atoms with Crippen molar-refractivity contribution in [3.8, 4) is 0 Å². The summed E-state index contributed by atoms with van der Waals surface area (Å²) in [5, 5.41) is 5.31. The van der Waals surface area contributed by atoms with Gasteiger partial charge < -0.3 is 20.2 Å². The predicted molar refractivity (Wildman–Crippen MR) is 81.3 cm³/mol. The highest BCUT2D eigenvalue weighted by atomic mass is 16.5. The van der Waals surface area contributed by atoms with E-state index in [2.05, 4.69) is 10.6 Å². The molecule has 0 aliphatic heterocycles. The van der Waals surface area contributed by atoms with Gasteiger partial charge in [0.05, 0.1) is 0 Å². The van der Waals surface area contributed by atoms with Gasteiger partial charge in [0.15, 0.2) is 5.78 Å². The minimum atomic E-state index is -0.172. The lowest BCUT2D eigenvalue weighted by Crippen LogP contribution is -2.31. The third kappa shape index (κ3) is 13.2. The Morgan fingerprint density at radius 3 is 2.09 bits per heavy atom. The molecule has 0 aliphatic rings. The summed E-state index contributed by atoms with van der Waals surface area (Å²) in [5.74, 6) is -0.251. The van der Waals surface area contributed by atoms with E-state index in [4.69, 9.17) is 4.74 Å². The van der Waals surface area contributed by atoms with Crippen LogP contribution in [0.5, 0.6) is 0 Å². The first-order valence-electron chi connectivity index (χ1n) is 7.49. The van der Waals surface area contributed by atoms with Gasteiger partial charge in [-0.2, -0.15) is 0 Å². The highest BCUT2D eigenvalue weighted by Gasteiger charge is 2.06. The Balaban J connectivity index is 3.52. The van der Waals surface area contributed by atoms with Crippen molar-refractivity contribution < 1.29 is 23.9 Å². The number of ketones is 2. The summed E-state index contributed by atoms with van der Waals surface area (Å²) in [6, 6.07) is 0. The van der Waals surface area contributed by atoms with E-state index >= 15 is 0 Å². The van der Waals surface area contributed by atoms with Gasteiger partial charge in [-0.05, 0) is 19.8 Å². The highest BCUT2D eigenvalue weighted by molar-refractivity contribution is 5.81. The van der Waals surface area contributed by atoms with Gasteiger partial charge in [-0.1, -0.05) is 0 Å². The lowest BCUT2D eigenvalue weighted by Gasteiger charge is -2.06. The fraction of sp³-hybridized carbons (Fsp3) is 0.733. The molecule has 126 valence electrons. The first kappa shape index (κ1) is 20.2. The molecule has 0 saturated heterocycles. The summed E-state index contributed by atoms with van der Waals surface area (Å²) >= 11 is 0. The maximum Gasteiger partial charge on any atom is 0.221 e. The number of Topliss-reactive ketones (excluding diaryl/α,β-unsaturated/α-hetero) is 2. The molecule has 0 radical (unpaired) electrons. The maximum atomic E-state index is 11.5. The summed E-state index contributed by atoms with van der Waals surface area (Å²) in [6.45, 7) is 2.32. The summed E-state index contributed by atoms with van der Waals surface area (Å²) in [5.41, 5.74) is 0. The number of hydrogen-bond donors (Lipinski definition) is 2. The molecule has 2 amide bonds. The van der Waals surface area contributed by atoms with Crippen LogP contribution in [-0.2, 0) is 23.9 Å². The zero-order valence-electron chi connectivity index (χ0n) is 13.4. The molecule has 0 atom stereocenters. The molecule has 0 aromatic heterocycles. The zero-order valence-corrected chi connectivity index (χ0v) is 13.4. The zero-order chi connectivity index (χ0) is 16.8. The second kappa shape index (κ2) is 12.9. The number of nitrogens with one attached hydrogen (secondary N) is 2. The van der Waals surface area contributed by atoms with Gasteiger partial charge in [0.25, 0.3) is 0 Å². The maximum absolute atomic E-state index is 11.5. The molecule has 0 unspecified atom stereocenters. The van der Waals surface area contributed by atoms with Crippen LogP contribution in [0.2, 0.25) is 0 Å². The van der Waals surface area contributed by atoms with E-state index in [1.807, 2.05) is 0 Å². The van der Waals surface area contributed by atoms with Gasteiger partial charge in [-0.25, -0.2) is 0 Å². The molecule has 0 spiro atoms. The number of methoxy groups -OCH3 is 1. The van der Waals surface area contributed by atoms with E-state index in [0.29, 0.717) is 32.2 Å². The normalized spacial score (nSPS) is 10.1. The van der Waals surface area contributed by atoms with E-state index in [-0.39, 0.29) is 49.4 Å². The average molecular weight is 314 g/mol. The van der Waals surface area contributed by atoms with E-state index in [0.717, 1.165) is 0 Å². The molecule has 0 aromatic rings. The van der Waals surface area contributed by atoms with E-state index < -0.39 is 0 Å². The van der Waals surface area contributed by atoms with Crippen molar-refractivity contribution in [3.05, 3.63) is 0 Å². The topological polar surface area (TPSA) is 102 Å². The van der Waals surface area contributed by atoms with Gasteiger partial charge in [0.2, 0.25) is 11.8 Å². The van der Waals surface area contributed by atoms with E-state index in [1.54, 1.807) is 0 Å². The van der Waals surface area contributed by atoms with Gasteiger partial charge >= 0.3 is 0 Å². The lowest BCUT2D eigenvalue weighted by molar-refractivity contribution is -0.123. The molecule has 7 heteroatoms. The summed E-state index contributed by atoms with van der Waals surface area (Å²) in [7, 11) is 1.45. The monoisotopic (exact) mass is 314 g/mol. The number of carbonyl (C=O) groups is 4. The minimum absolute atomic E-state index is 0.0276. The van der Waals surface area contributed by atoms with Crippen molar-refractivity contribution in [3.63, 3.8) is 0 Å². The Labute approximate surface area is 131 Å². The average Bonchev–Trinajstić information content (AvgIpc) is 2.43. The van der Waals surface area contributed by atoms with Crippen molar-refractivity contribution >= 4 is 23.4 Å². The molecule has 7 nitrogen and oxygen atoms in total. The van der Waals surface area contributed by atoms with Crippen LogP contribution >= 0.6 is 0 Å². The summed E-state index contributed by atoms with van der Waals surface area (Å²) in [4.78, 5) is 44.8. The highest BCUT2D eigenvalue weighted by Crippen LogP contribution is 1.97. The first-order valence-corrected chi connectivity index (χ1v) is 7.49. The SMILES string of the molecule is COCC(=O)CCCC(=O)NCCC(=O)NCCCC(C)=O. The Kier molecular flexibility index (Phi) is 11.9. The van der Waals surface area contributed by atoms with E-state index in [9.17, 15) is 19.2 Å². The predicted octanol–water partition coefficient (Wildman–Crippen LogP) is 0.364. The molecular formula is C15H26N2O5. The number of hydrogen-bond acceptors (Lipinski definition) is 5. The first-order chi connectivity index (χ1) is 10.5. The van der Waals surface area contributed by atoms with Crippen molar-refractivity contribution in [2.24, 2.45) is 0 Å². The second-order valence-corrected chi connectivity index (χ2v) is 5.08. The molecule has 0 rings (SSSR count). The number of carbonyl (C=O) groups excluding carboxylic acids is 4. The van der Waals surface area contributed by atoms with Crippen molar-refractivity contribution in [1.29, 1.82) is 0 Å². The van der Waals surface area contributed by atoms with Crippen LogP contribution in [0.1, 0.15) is 45.4 Å². The molecule has 2 N–H and O–H groups in total. The fourth-order valence-corrected chi connectivity index (χ4v) is 1.74. The number of amides is 2. The van der Waals surface area contributed by atoms with Crippen LogP contribution in [0.25, 0.3) is 0 Å². The molecule has 0 fully saturated rings. The third-order valence-electron chi connectivity index (χ3n) is 2.87. The Morgan fingerprint density at radius 2 is 1.45 bits per heavy atom. The third-order valence-corrected chi connectivity index (χ3v) is 2.87. The lowest BCUT2D eigenvalue weighted by atomic mass is 10.2. The molecule has 0 heterocycles.